The number of ether oxygens (including phenoxy) is 1. The summed E-state index contributed by atoms with van der Waals surface area (Å²) in [4.78, 5) is 20.2. The molecule has 92 valence electrons. The largest absolute Gasteiger partial charge is 0.465 e. The number of methoxy groups -OCH3 is 1. The molecule has 0 aliphatic rings. The van der Waals surface area contributed by atoms with Crippen molar-refractivity contribution in [1.29, 1.82) is 0 Å². The molecule has 0 unspecified atom stereocenters. The van der Waals surface area contributed by atoms with Crippen LogP contribution in [0.25, 0.3) is 0 Å². The number of nitrogens with two attached hydrogens (primary N) is 1. The second-order valence-electron chi connectivity index (χ2n) is 3.37. The van der Waals surface area contributed by atoms with Crippen molar-refractivity contribution in [2.24, 2.45) is 0 Å². The highest BCUT2D eigenvalue weighted by atomic mass is 32.2. The van der Waals surface area contributed by atoms with E-state index in [2.05, 4.69) is 9.97 Å². The second kappa shape index (κ2) is 5.50. The molecule has 1 aromatic heterocycles. The monoisotopic (exact) mass is 261 g/mol. The number of rotatable bonds is 3. The quantitative estimate of drug-likeness (QED) is 0.517. The molecule has 18 heavy (non-hydrogen) atoms. The maximum Gasteiger partial charge on any atom is 0.339 e. The van der Waals surface area contributed by atoms with Crippen LogP contribution < -0.4 is 5.73 Å². The first-order chi connectivity index (χ1) is 8.72. The van der Waals surface area contributed by atoms with Crippen LogP contribution in [0.3, 0.4) is 0 Å². The zero-order valence-corrected chi connectivity index (χ0v) is 10.5. The normalized spacial score (nSPS) is 10.1. The van der Waals surface area contributed by atoms with Crippen LogP contribution in [0.15, 0.2) is 46.7 Å². The van der Waals surface area contributed by atoms with Gasteiger partial charge >= 0.3 is 5.97 Å². The summed E-state index contributed by atoms with van der Waals surface area (Å²) in [6.45, 7) is 0. The Bertz CT molecular complexity index is 561. The summed E-state index contributed by atoms with van der Waals surface area (Å²) in [5.74, 6) is -0.418. The van der Waals surface area contributed by atoms with Gasteiger partial charge in [-0.05, 0) is 18.2 Å². The number of benzene rings is 1. The molecule has 5 nitrogen and oxygen atoms in total. The smallest absolute Gasteiger partial charge is 0.339 e. The molecule has 6 heteroatoms. The van der Waals surface area contributed by atoms with E-state index >= 15 is 0 Å². The highest BCUT2D eigenvalue weighted by Gasteiger charge is 2.15. The van der Waals surface area contributed by atoms with Crippen LogP contribution in [0.2, 0.25) is 0 Å². The molecule has 0 aliphatic carbocycles. The minimum Gasteiger partial charge on any atom is -0.465 e. The number of nitrogen functional groups attached to an aromatic ring is 1. The lowest BCUT2D eigenvalue weighted by atomic mass is 10.2. The van der Waals surface area contributed by atoms with Crippen LogP contribution in [-0.4, -0.2) is 23.0 Å². The Morgan fingerprint density at radius 1 is 1.39 bits per heavy atom. The maximum atomic E-state index is 11.7. The van der Waals surface area contributed by atoms with Crippen molar-refractivity contribution in [3.8, 4) is 0 Å². The van der Waals surface area contributed by atoms with Crippen molar-refractivity contribution in [3.05, 3.63) is 42.4 Å². The SMILES string of the molecule is COC(=O)c1cccc(N)c1Sc1ccncn1. The number of hydrogen-bond donors (Lipinski definition) is 1. The van der Waals surface area contributed by atoms with E-state index in [0.29, 0.717) is 21.2 Å². The van der Waals surface area contributed by atoms with E-state index in [0.717, 1.165) is 0 Å². The zero-order valence-electron chi connectivity index (χ0n) is 9.66. The van der Waals surface area contributed by atoms with E-state index < -0.39 is 5.97 Å². The van der Waals surface area contributed by atoms with E-state index in [9.17, 15) is 4.79 Å². The molecule has 0 spiro atoms. The second-order valence-corrected chi connectivity index (χ2v) is 4.40. The van der Waals surface area contributed by atoms with Crippen molar-refractivity contribution in [2.75, 3.05) is 12.8 Å². The minimum atomic E-state index is -0.418. The molecule has 1 heterocycles. The molecule has 2 N–H and O–H groups in total. The van der Waals surface area contributed by atoms with E-state index in [4.69, 9.17) is 10.5 Å². The van der Waals surface area contributed by atoms with Gasteiger partial charge in [0.15, 0.2) is 0 Å². The molecule has 0 saturated heterocycles. The van der Waals surface area contributed by atoms with Gasteiger partial charge in [-0.15, -0.1) is 0 Å². The van der Waals surface area contributed by atoms with Crippen LogP contribution in [0.5, 0.6) is 0 Å². The maximum absolute atomic E-state index is 11.7. The predicted octanol–water partition coefficient (Wildman–Crippen LogP) is 2.00. The third-order valence-corrected chi connectivity index (χ3v) is 3.32. The number of hydrogen-bond acceptors (Lipinski definition) is 6. The third-order valence-electron chi connectivity index (χ3n) is 2.21. The Labute approximate surface area is 108 Å². The Morgan fingerprint density at radius 3 is 2.89 bits per heavy atom. The number of anilines is 1. The summed E-state index contributed by atoms with van der Waals surface area (Å²) >= 11 is 1.31. The topological polar surface area (TPSA) is 78.1 Å². The van der Waals surface area contributed by atoms with E-state index in [1.54, 1.807) is 30.5 Å². The first-order valence-corrected chi connectivity index (χ1v) is 5.94. The Hall–Kier alpha value is -2.08. The summed E-state index contributed by atoms with van der Waals surface area (Å²) < 4.78 is 4.73. The summed E-state index contributed by atoms with van der Waals surface area (Å²) in [7, 11) is 1.34. The average molecular weight is 261 g/mol. The minimum absolute atomic E-state index is 0.418. The molecular formula is C12H11N3O2S. The number of carbonyl (C=O) groups is 1. The van der Waals surface area contributed by atoms with Crippen molar-refractivity contribution < 1.29 is 9.53 Å². The Morgan fingerprint density at radius 2 is 2.22 bits per heavy atom. The number of nitrogens with zero attached hydrogens (tertiary/aromatic N) is 2. The summed E-state index contributed by atoms with van der Waals surface area (Å²) in [5.41, 5.74) is 6.84. The van der Waals surface area contributed by atoms with Gasteiger partial charge in [-0.1, -0.05) is 17.8 Å². The van der Waals surface area contributed by atoms with Crippen molar-refractivity contribution in [3.63, 3.8) is 0 Å². The average Bonchev–Trinajstić information content (AvgIpc) is 2.41. The number of carbonyl (C=O) groups excluding carboxylic acids is 1. The van der Waals surface area contributed by atoms with Gasteiger partial charge in [-0.2, -0.15) is 0 Å². The molecule has 2 aromatic rings. The van der Waals surface area contributed by atoms with Crippen molar-refractivity contribution in [2.45, 2.75) is 9.92 Å². The zero-order chi connectivity index (χ0) is 13.0. The van der Waals surface area contributed by atoms with Crippen LogP contribution in [0, 0.1) is 0 Å². The standard InChI is InChI=1S/C12H11N3O2S/c1-17-12(16)8-3-2-4-9(13)11(8)18-10-5-6-14-7-15-10/h2-7H,13H2,1H3. The van der Waals surface area contributed by atoms with Crippen LogP contribution >= 0.6 is 11.8 Å². The molecule has 0 amide bonds. The fourth-order valence-electron chi connectivity index (χ4n) is 1.38. The first-order valence-electron chi connectivity index (χ1n) is 5.13. The number of esters is 1. The van der Waals surface area contributed by atoms with E-state index in [-0.39, 0.29) is 0 Å². The Balaban J connectivity index is 2.40. The predicted molar refractivity (Wildman–Crippen MR) is 68.3 cm³/mol. The van der Waals surface area contributed by atoms with Crippen LogP contribution in [0.1, 0.15) is 10.4 Å². The highest BCUT2D eigenvalue weighted by Crippen LogP contribution is 2.33. The summed E-state index contributed by atoms with van der Waals surface area (Å²) in [5, 5.41) is 0.716. The summed E-state index contributed by atoms with van der Waals surface area (Å²) in [6.07, 6.45) is 3.07. The lowest BCUT2D eigenvalue weighted by molar-refractivity contribution is 0.0597. The van der Waals surface area contributed by atoms with Gasteiger partial charge in [0.1, 0.15) is 11.4 Å². The molecule has 0 saturated carbocycles. The fourth-order valence-corrected chi connectivity index (χ4v) is 2.27. The van der Waals surface area contributed by atoms with Gasteiger partial charge in [-0.3, -0.25) is 0 Å². The first kappa shape index (κ1) is 12.4. The Kier molecular flexibility index (Phi) is 3.78. The molecule has 1 aromatic carbocycles. The van der Waals surface area contributed by atoms with Gasteiger partial charge in [0.2, 0.25) is 0 Å². The van der Waals surface area contributed by atoms with Crippen LogP contribution in [-0.2, 0) is 4.74 Å². The molecule has 0 atom stereocenters. The third kappa shape index (κ3) is 2.60. The molecule has 0 bridgehead atoms. The van der Waals surface area contributed by atoms with Gasteiger partial charge in [0, 0.05) is 11.9 Å². The van der Waals surface area contributed by atoms with Gasteiger partial charge in [0.05, 0.1) is 17.6 Å². The van der Waals surface area contributed by atoms with Crippen molar-refractivity contribution >= 4 is 23.4 Å². The lowest BCUT2D eigenvalue weighted by Crippen LogP contribution is -2.05. The fraction of sp³-hybridized carbons (Fsp3) is 0.0833. The summed E-state index contributed by atoms with van der Waals surface area (Å²) in [6, 6.07) is 6.87. The molecular weight excluding hydrogens is 250 g/mol. The molecule has 0 aliphatic heterocycles. The molecule has 0 radical (unpaired) electrons. The van der Waals surface area contributed by atoms with Gasteiger partial charge in [-0.25, -0.2) is 14.8 Å². The van der Waals surface area contributed by atoms with E-state index in [1.165, 1.54) is 25.2 Å². The van der Waals surface area contributed by atoms with Gasteiger partial charge in [0.25, 0.3) is 0 Å². The molecule has 2 rings (SSSR count). The van der Waals surface area contributed by atoms with Crippen LogP contribution in [0.4, 0.5) is 5.69 Å². The van der Waals surface area contributed by atoms with Gasteiger partial charge < -0.3 is 10.5 Å². The lowest BCUT2D eigenvalue weighted by Gasteiger charge is -2.09. The highest BCUT2D eigenvalue weighted by molar-refractivity contribution is 7.99. The van der Waals surface area contributed by atoms with E-state index in [1.807, 2.05) is 0 Å². The number of aromatic nitrogens is 2. The van der Waals surface area contributed by atoms with Crippen molar-refractivity contribution in [1.82, 2.24) is 9.97 Å². The molecule has 0 fully saturated rings.